The molecule has 0 amide bonds. The topological polar surface area (TPSA) is 12.0 Å². The van der Waals surface area contributed by atoms with Crippen LogP contribution in [0.4, 0.5) is 0 Å². The lowest BCUT2D eigenvalue weighted by Crippen LogP contribution is -2.06. The zero-order valence-corrected chi connectivity index (χ0v) is 9.25. The molecular formula is C13H19N. The molecule has 0 aliphatic carbocycles. The zero-order valence-electron chi connectivity index (χ0n) is 9.25. The summed E-state index contributed by atoms with van der Waals surface area (Å²) in [6.45, 7) is 5.39. The highest BCUT2D eigenvalue weighted by Gasteiger charge is 2.04. The van der Waals surface area contributed by atoms with Gasteiger partial charge in [-0.05, 0) is 24.1 Å². The first-order valence-corrected chi connectivity index (χ1v) is 5.15. The van der Waals surface area contributed by atoms with Gasteiger partial charge in [-0.15, -0.1) is 0 Å². The van der Waals surface area contributed by atoms with E-state index in [1.807, 2.05) is 7.05 Å². The Labute approximate surface area is 86.8 Å². The van der Waals surface area contributed by atoms with Gasteiger partial charge in [0.05, 0.1) is 0 Å². The van der Waals surface area contributed by atoms with Gasteiger partial charge in [-0.3, -0.25) is 0 Å². The number of benzene rings is 1. The minimum atomic E-state index is 0.575. The van der Waals surface area contributed by atoms with Gasteiger partial charge in [0, 0.05) is 6.54 Å². The third kappa shape index (κ3) is 3.00. The van der Waals surface area contributed by atoms with Crippen LogP contribution in [0.1, 0.15) is 19.4 Å². The Morgan fingerprint density at radius 3 is 2.43 bits per heavy atom. The Morgan fingerprint density at radius 2 is 1.93 bits per heavy atom. The molecule has 1 rings (SSSR count). The van der Waals surface area contributed by atoms with Crippen LogP contribution in [-0.4, -0.2) is 13.6 Å². The van der Waals surface area contributed by atoms with Gasteiger partial charge in [0.1, 0.15) is 0 Å². The third-order valence-corrected chi connectivity index (χ3v) is 2.26. The van der Waals surface area contributed by atoms with Crippen LogP contribution in [0.5, 0.6) is 0 Å². The summed E-state index contributed by atoms with van der Waals surface area (Å²) in [5, 5.41) is 3.15. The lowest BCUT2D eigenvalue weighted by Gasteiger charge is -2.11. The molecule has 0 radical (unpaired) electrons. The highest BCUT2D eigenvalue weighted by Crippen LogP contribution is 2.21. The molecule has 0 aliphatic rings. The van der Waals surface area contributed by atoms with Crippen LogP contribution in [0.15, 0.2) is 36.4 Å². The highest BCUT2D eigenvalue weighted by atomic mass is 14.8. The second-order valence-electron chi connectivity index (χ2n) is 3.74. The molecule has 76 valence electrons. The van der Waals surface area contributed by atoms with Gasteiger partial charge in [0.2, 0.25) is 0 Å². The summed E-state index contributed by atoms with van der Waals surface area (Å²) in [7, 11) is 1.97. The molecule has 1 aromatic carbocycles. The smallest absolute Gasteiger partial charge is 0.0137 e. The number of allylic oxidation sites excluding steroid dienone is 1. The summed E-state index contributed by atoms with van der Waals surface area (Å²) in [4.78, 5) is 0. The van der Waals surface area contributed by atoms with E-state index in [-0.39, 0.29) is 0 Å². The largest absolute Gasteiger partial charge is 0.316 e. The maximum atomic E-state index is 3.15. The normalized spacial score (nSPS) is 12.1. The summed E-state index contributed by atoms with van der Waals surface area (Å²) < 4.78 is 0. The molecule has 14 heavy (non-hydrogen) atoms. The summed E-state index contributed by atoms with van der Waals surface area (Å²) in [5.74, 6) is 0.575. The average Bonchev–Trinajstić information content (AvgIpc) is 2.19. The van der Waals surface area contributed by atoms with E-state index in [4.69, 9.17) is 0 Å². The van der Waals surface area contributed by atoms with Crippen molar-refractivity contribution in [1.29, 1.82) is 0 Å². The SMILES string of the molecule is CNC/C=C(\c1ccccc1)C(C)C. The second-order valence-corrected chi connectivity index (χ2v) is 3.74. The maximum absolute atomic E-state index is 3.15. The van der Waals surface area contributed by atoms with Gasteiger partial charge >= 0.3 is 0 Å². The lowest BCUT2D eigenvalue weighted by molar-refractivity contribution is 0.841. The summed E-state index contributed by atoms with van der Waals surface area (Å²) in [5.41, 5.74) is 2.75. The summed E-state index contributed by atoms with van der Waals surface area (Å²) >= 11 is 0. The number of nitrogens with one attached hydrogen (secondary N) is 1. The zero-order chi connectivity index (χ0) is 10.4. The Hall–Kier alpha value is -1.08. The first kappa shape index (κ1) is 11.0. The van der Waals surface area contributed by atoms with Crippen LogP contribution in [0.25, 0.3) is 5.57 Å². The van der Waals surface area contributed by atoms with Crippen molar-refractivity contribution in [2.24, 2.45) is 5.92 Å². The minimum Gasteiger partial charge on any atom is -0.316 e. The maximum Gasteiger partial charge on any atom is 0.0137 e. The Morgan fingerprint density at radius 1 is 1.29 bits per heavy atom. The van der Waals surface area contributed by atoms with E-state index >= 15 is 0 Å². The van der Waals surface area contributed by atoms with Crippen molar-refractivity contribution in [2.75, 3.05) is 13.6 Å². The van der Waals surface area contributed by atoms with Crippen molar-refractivity contribution in [3.05, 3.63) is 42.0 Å². The van der Waals surface area contributed by atoms with Crippen LogP contribution < -0.4 is 5.32 Å². The van der Waals surface area contributed by atoms with Crippen LogP contribution in [0.2, 0.25) is 0 Å². The van der Waals surface area contributed by atoms with Crippen LogP contribution in [0.3, 0.4) is 0 Å². The van der Waals surface area contributed by atoms with Crippen molar-refractivity contribution >= 4 is 5.57 Å². The van der Waals surface area contributed by atoms with Gasteiger partial charge in [0.25, 0.3) is 0 Å². The number of likely N-dealkylation sites (N-methyl/N-ethyl adjacent to an activating group) is 1. The fourth-order valence-electron chi connectivity index (χ4n) is 1.53. The van der Waals surface area contributed by atoms with Crippen molar-refractivity contribution in [3.8, 4) is 0 Å². The molecule has 0 saturated heterocycles. The lowest BCUT2D eigenvalue weighted by atomic mass is 9.95. The van der Waals surface area contributed by atoms with Gasteiger partial charge < -0.3 is 5.32 Å². The standard InChI is InChI=1S/C13H19N/c1-11(2)13(9-10-14-3)12-7-5-4-6-8-12/h4-9,11,14H,10H2,1-3H3/b13-9-. The predicted octanol–water partition coefficient (Wildman–Crippen LogP) is 2.95. The fraction of sp³-hybridized carbons (Fsp3) is 0.385. The molecule has 1 nitrogen and oxygen atoms in total. The molecule has 0 bridgehead atoms. The number of hydrogen-bond acceptors (Lipinski definition) is 1. The third-order valence-electron chi connectivity index (χ3n) is 2.26. The van der Waals surface area contributed by atoms with Crippen LogP contribution >= 0.6 is 0 Å². The number of hydrogen-bond donors (Lipinski definition) is 1. The first-order chi connectivity index (χ1) is 6.75. The minimum absolute atomic E-state index is 0.575. The summed E-state index contributed by atoms with van der Waals surface area (Å²) in [6.07, 6.45) is 2.26. The molecule has 0 unspecified atom stereocenters. The second kappa shape index (κ2) is 5.61. The number of rotatable bonds is 4. The van der Waals surface area contributed by atoms with Crippen LogP contribution in [0, 0.1) is 5.92 Å². The van der Waals surface area contributed by atoms with Gasteiger partial charge in [-0.25, -0.2) is 0 Å². The average molecular weight is 189 g/mol. The molecule has 0 aliphatic heterocycles. The summed E-state index contributed by atoms with van der Waals surface area (Å²) in [6, 6.07) is 10.6. The molecule has 0 saturated carbocycles. The molecule has 0 aromatic heterocycles. The fourth-order valence-corrected chi connectivity index (χ4v) is 1.53. The Bertz CT molecular complexity index is 285. The molecule has 0 heterocycles. The van der Waals surface area contributed by atoms with Crippen LogP contribution in [-0.2, 0) is 0 Å². The van der Waals surface area contributed by atoms with E-state index in [0.29, 0.717) is 5.92 Å². The molecule has 1 N–H and O–H groups in total. The monoisotopic (exact) mass is 189 g/mol. The molecule has 1 aromatic rings. The van der Waals surface area contributed by atoms with Crippen molar-refractivity contribution < 1.29 is 0 Å². The van der Waals surface area contributed by atoms with Crippen molar-refractivity contribution in [1.82, 2.24) is 5.32 Å². The van der Waals surface area contributed by atoms with Crippen molar-refractivity contribution in [3.63, 3.8) is 0 Å². The van der Waals surface area contributed by atoms with E-state index in [9.17, 15) is 0 Å². The molecule has 0 atom stereocenters. The van der Waals surface area contributed by atoms with E-state index in [0.717, 1.165) is 6.54 Å². The first-order valence-electron chi connectivity index (χ1n) is 5.15. The molecule has 0 fully saturated rings. The van der Waals surface area contributed by atoms with E-state index in [1.165, 1.54) is 11.1 Å². The quantitative estimate of drug-likeness (QED) is 0.768. The molecule has 1 heteroatoms. The van der Waals surface area contributed by atoms with Gasteiger partial charge in [0.15, 0.2) is 0 Å². The van der Waals surface area contributed by atoms with E-state index in [2.05, 4.69) is 55.6 Å². The van der Waals surface area contributed by atoms with Crippen molar-refractivity contribution in [2.45, 2.75) is 13.8 Å². The Kier molecular flexibility index (Phi) is 4.41. The molecule has 0 spiro atoms. The highest BCUT2D eigenvalue weighted by molar-refractivity contribution is 5.66. The predicted molar refractivity (Wildman–Crippen MR) is 63.2 cm³/mol. The Balaban J connectivity index is 2.89. The van der Waals surface area contributed by atoms with Gasteiger partial charge in [-0.1, -0.05) is 50.3 Å². The van der Waals surface area contributed by atoms with E-state index in [1.54, 1.807) is 0 Å². The molecular weight excluding hydrogens is 170 g/mol. The van der Waals surface area contributed by atoms with E-state index < -0.39 is 0 Å². The van der Waals surface area contributed by atoms with Gasteiger partial charge in [-0.2, -0.15) is 0 Å².